The number of halogens is 2. The van der Waals surface area contributed by atoms with Crippen LogP contribution in [0.25, 0.3) is 0 Å². The van der Waals surface area contributed by atoms with E-state index in [1.165, 1.54) is 86.5 Å². The van der Waals surface area contributed by atoms with Gasteiger partial charge in [0.2, 0.25) is 0 Å². The topological polar surface area (TPSA) is 24.1 Å². The summed E-state index contributed by atoms with van der Waals surface area (Å²) in [7, 11) is 0. The lowest BCUT2D eigenvalue weighted by Gasteiger charge is -2.33. The van der Waals surface area contributed by atoms with E-state index < -0.39 is 0 Å². The Hall–Kier alpha value is -1.06. The van der Waals surface area contributed by atoms with Crippen LogP contribution >= 0.6 is 24.8 Å². The van der Waals surface area contributed by atoms with Gasteiger partial charge in [0.15, 0.2) is 0 Å². The third-order valence-electron chi connectivity index (χ3n) is 6.59. The summed E-state index contributed by atoms with van der Waals surface area (Å²) in [5.74, 6) is 0. The molecule has 2 aromatic carbocycles. The highest BCUT2D eigenvalue weighted by atomic mass is 35.5. The molecule has 4 heteroatoms. The van der Waals surface area contributed by atoms with Crippen molar-refractivity contribution in [3.8, 4) is 0 Å². The van der Waals surface area contributed by atoms with E-state index in [0.717, 1.165) is 13.1 Å². The third-order valence-corrected chi connectivity index (χ3v) is 6.59. The van der Waals surface area contributed by atoms with Crippen molar-refractivity contribution in [3.63, 3.8) is 0 Å². The van der Waals surface area contributed by atoms with Crippen LogP contribution in [0.15, 0.2) is 48.5 Å². The predicted octanol–water partition coefficient (Wildman–Crippen LogP) is 7.41. The molecule has 2 nitrogen and oxygen atoms in total. The molecule has 0 saturated heterocycles. The zero-order chi connectivity index (χ0) is 21.0. The summed E-state index contributed by atoms with van der Waals surface area (Å²) in [6, 6.07) is 19.6. The summed E-state index contributed by atoms with van der Waals surface area (Å²) in [4.78, 5) is 0. The molecule has 1 fully saturated rings. The normalized spacial score (nSPS) is 17.9. The van der Waals surface area contributed by atoms with Crippen LogP contribution in [-0.2, 0) is 25.9 Å². The number of rotatable bonds is 12. The molecule has 0 bridgehead atoms. The first-order valence-corrected chi connectivity index (χ1v) is 12.4. The van der Waals surface area contributed by atoms with Gasteiger partial charge >= 0.3 is 0 Å². The van der Waals surface area contributed by atoms with Crippen LogP contribution in [0.3, 0.4) is 0 Å². The number of benzene rings is 2. The van der Waals surface area contributed by atoms with E-state index in [2.05, 4.69) is 73.0 Å². The van der Waals surface area contributed by atoms with Gasteiger partial charge in [0.1, 0.15) is 0 Å². The molecule has 0 heterocycles. The number of nitrogens with one attached hydrogen (secondary N) is 2. The summed E-state index contributed by atoms with van der Waals surface area (Å²) in [5.41, 5.74) is 5.75. The van der Waals surface area contributed by atoms with Gasteiger partial charge in [-0.3, -0.25) is 0 Å². The molecule has 2 aromatic rings. The minimum atomic E-state index is 0. The minimum absolute atomic E-state index is 0. The fraction of sp³-hybridized carbons (Fsp3) is 0.571. The van der Waals surface area contributed by atoms with Crippen molar-refractivity contribution in [1.82, 2.24) is 10.6 Å². The van der Waals surface area contributed by atoms with Crippen molar-refractivity contribution in [2.75, 3.05) is 0 Å². The SMILES string of the molecule is CCCCc1ccc(CNC2CCCCC2NCc2ccc(CCCC)cc2)cc1.Cl.Cl. The van der Waals surface area contributed by atoms with Crippen molar-refractivity contribution in [2.45, 2.75) is 103 Å². The largest absolute Gasteiger partial charge is 0.308 e. The molecule has 0 aromatic heterocycles. The Morgan fingerprint density at radius 2 is 0.938 bits per heavy atom. The highest BCUT2D eigenvalue weighted by molar-refractivity contribution is 5.85. The molecule has 2 N–H and O–H groups in total. The van der Waals surface area contributed by atoms with Crippen molar-refractivity contribution in [3.05, 3.63) is 70.8 Å². The van der Waals surface area contributed by atoms with Gasteiger partial charge in [0.05, 0.1) is 0 Å². The number of aryl methyl sites for hydroxylation is 2. The Kier molecular flexibility index (Phi) is 15.0. The van der Waals surface area contributed by atoms with E-state index in [-0.39, 0.29) is 24.8 Å². The lowest BCUT2D eigenvalue weighted by molar-refractivity contribution is 0.281. The van der Waals surface area contributed by atoms with Crippen LogP contribution in [0.1, 0.15) is 87.5 Å². The second-order valence-corrected chi connectivity index (χ2v) is 9.10. The van der Waals surface area contributed by atoms with Crippen molar-refractivity contribution >= 4 is 24.8 Å². The number of hydrogen-bond donors (Lipinski definition) is 2. The standard InChI is InChI=1S/C28H42N2.2ClH/c1-3-5-9-23-13-17-25(18-14-23)21-29-27-11-7-8-12-28(27)30-22-26-19-15-24(16-20-26)10-6-4-2;;/h13-20,27-30H,3-12,21-22H2,1-2H3;2*1H. The Morgan fingerprint density at radius 1 is 0.594 bits per heavy atom. The average Bonchev–Trinajstić information content (AvgIpc) is 2.80. The first-order valence-electron chi connectivity index (χ1n) is 12.4. The van der Waals surface area contributed by atoms with Crippen LogP contribution in [0.2, 0.25) is 0 Å². The van der Waals surface area contributed by atoms with Gasteiger partial charge in [-0.1, -0.05) is 88.1 Å². The van der Waals surface area contributed by atoms with Crippen LogP contribution < -0.4 is 10.6 Å². The Labute approximate surface area is 209 Å². The number of hydrogen-bond acceptors (Lipinski definition) is 2. The highest BCUT2D eigenvalue weighted by Gasteiger charge is 2.24. The summed E-state index contributed by atoms with van der Waals surface area (Å²) in [5, 5.41) is 7.71. The molecule has 0 amide bonds. The molecule has 32 heavy (non-hydrogen) atoms. The van der Waals surface area contributed by atoms with Crippen LogP contribution in [0, 0.1) is 0 Å². The zero-order valence-corrected chi connectivity index (χ0v) is 21.7. The zero-order valence-electron chi connectivity index (χ0n) is 20.1. The first-order chi connectivity index (χ1) is 14.8. The Bertz CT molecular complexity index is 652. The summed E-state index contributed by atoms with van der Waals surface area (Å²) in [6.07, 6.45) is 12.8. The van der Waals surface area contributed by atoms with Crippen molar-refractivity contribution in [1.29, 1.82) is 0 Å². The molecule has 0 aliphatic heterocycles. The van der Waals surface area contributed by atoms with E-state index in [1.807, 2.05) is 0 Å². The molecule has 2 atom stereocenters. The van der Waals surface area contributed by atoms with Gasteiger partial charge in [0.25, 0.3) is 0 Å². The summed E-state index contributed by atoms with van der Waals surface area (Å²) >= 11 is 0. The second-order valence-electron chi connectivity index (χ2n) is 9.10. The van der Waals surface area contributed by atoms with E-state index in [9.17, 15) is 0 Å². The Balaban J connectivity index is 0.00000256. The van der Waals surface area contributed by atoms with Gasteiger partial charge in [-0.15, -0.1) is 24.8 Å². The van der Waals surface area contributed by atoms with E-state index in [4.69, 9.17) is 0 Å². The van der Waals surface area contributed by atoms with Crippen molar-refractivity contribution < 1.29 is 0 Å². The van der Waals surface area contributed by atoms with Gasteiger partial charge in [-0.2, -0.15) is 0 Å². The maximum absolute atomic E-state index is 3.86. The highest BCUT2D eigenvalue weighted by Crippen LogP contribution is 2.20. The monoisotopic (exact) mass is 478 g/mol. The maximum Gasteiger partial charge on any atom is 0.0224 e. The molecule has 0 radical (unpaired) electrons. The van der Waals surface area contributed by atoms with E-state index in [0.29, 0.717) is 12.1 Å². The molecule has 1 saturated carbocycles. The minimum Gasteiger partial charge on any atom is -0.308 e. The molecule has 180 valence electrons. The van der Waals surface area contributed by atoms with Crippen molar-refractivity contribution in [2.24, 2.45) is 0 Å². The molecular weight excluding hydrogens is 435 g/mol. The molecule has 2 unspecified atom stereocenters. The quantitative estimate of drug-likeness (QED) is 0.331. The van der Waals surface area contributed by atoms with Gasteiger partial charge < -0.3 is 10.6 Å². The van der Waals surface area contributed by atoms with Crippen LogP contribution in [-0.4, -0.2) is 12.1 Å². The van der Waals surface area contributed by atoms with Crippen LogP contribution in [0.4, 0.5) is 0 Å². The molecule has 1 aliphatic rings. The molecular formula is C28H44Cl2N2. The van der Waals surface area contributed by atoms with Crippen LogP contribution in [0.5, 0.6) is 0 Å². The van der Waals surface area contributed by atoms with Gasteiger partial charge in [-0.25, -0.2) is 0 Å². The fourth-order valence-corrected chi connectivity index (χ4v) is 4.53. The second kappa shape index (κ2) is 16.5. The summed E-state index contributed by atoms with van der Waals surface area (Å²) < 4.78 is 0. The number of unbranched alkanes of at least 4 members (excludes halogenated alkanes) is 2. The average molecular weight is 480 g/mol. The van der Waals surface area contributed by atoms with E-state index >= 15 is 0 Å². The first kappa shape index (κ1) is 29.0. The predicted molar refractivity (Wildman–Crippen MR) is 144 cm³/mol. The Morgan fingerprint density at radius 3 is 1.28 bits per heavy atom. The third kappa shape index (κ3) is 9.83. The lowest BCUT2D eigenvalue weighted by atomic mass is 9.90. The smallest absolute Gasteiger partial charge is 0.0224 e. The molecule has 1 aliphatic carbocycles. The van der Waals surface area contributed by atoms with E-state index in [1.54, 1.807) is 0 Å². The molecule has 3 rings (SSSR count). The lowest BCUT2D eigenvalue weighted by Crippen LogP contribution is -2.49. The fourth-order valence-electron chi connectivity index (χ4n) is 4.53. The maximum atomic E-state index is 3.86. The van der Waals surface area contributed by atoms with Gasteiger partial charge in [-0.05, 0) is 60.8 Å². The van der Waals surface area contributed by atoms with Gasteiger partial charge in [0, 0.05) is 25.2 Å². The molecule has 0 spiro atoms. The summed E-state index contributed by atoms with van der Waals surface area (Å²) in [6.45, 7) is 6.47.